The van der Waals surface area contributed by atoms with Crippen molar-refractivity contribution in [1.29, 1.82) is 0 Å². The molecule has 1 amide bonds. The summed E-state index contributed by atoms with van der Waals surface area (Å²) in [4.78, 5) is 23.3. The molecule has 172 valence electrons. The number of nitrogens with one attached hydrogen (secondary N) is 1. The van der Waals surface area contributed by atoms with Crippen molar-refractivity contribution < 1.29 is 33.7 Å². The third kappa shape index (κ3) is 6.18. The number of carbonyl (C=O) groups excluding carboxylic acids is 1. The second kappa shape index (κ2) is 10.3. The number of ether oxygens (including phenoxy) is 2. The lowest BCUT2D eigenvalue weighted by Gasteiger charge is -2.43. The number of rotatable bonds is 8. The fourth-order valence-electron chi connectivity index (χ4n) is 3.90. The van der Waals surface area contributed by atoms with E-state index in [1.807, 2.05) is 6.92 Å². The van der Waals surface area contributed by atoms with Crippen LogP contribution in [0.25, 0.3) is 0 Å². The van der Waals surface area contributed by atoms with Gasteiger partial charge in [-0.05, 0) is 42.8 Å². The fraction of sp³-hybridized carbons (Fsp3) is 0.391. The van der Waals surface area contributed by atoms with Gasteiger partial charge in [-0.3, -0.25) is 4.79 Å². The average molecular weight is 466 g/mol. The smallest absolute Gasteiger partial charge is 0.341 e. The normalized spacial score (nSPS) is 22.9. The van der Waals surface area contributed by atoms with Crippen molar-refractivity contribution in [2.75, 3.05) is 13.2 Å². The molecule has 0 bridgehead atoms. The number of hydrogen-bond acceptors (Lipinski definition) is 5. The zero-order valence-corrected chi connectivity index (χ0v) is 18.3. The summed E-state index contributed by atoms with van der Waals surface area (Å²) in [7, 11) is 0. The Balaban J connectivity index is 1.96. The molecule has 0 aliphatic carbocycles. The lowest BCUT2D eigenvalue weighted by atomic mass is 9.81. The van der Waals surface area contributed by atoms with Gasteiger partial charge in [0.25, 0.3) is 0 Å². The van der Waals surface area contributed by atoms with Gasteiger partial charge in [-0.15, -0.1) is 0 Å². The molecule has 1 saturated heterocycles. The third-order valence-corrected chi connectivity index (χ3v) is 5.53. The highest BCUT2D eigenvalue weighted by Crippen LogP contribution is 2.46. The number of carboxylic acid groups (broad SMARTS) is 1. The maximum atomic E-state index is 13.5. The molecule has 1 fully saturated rings. The highest BCUT2D eigenvalue weighted by atomic mass is 35.5. The number of amides is 1. The van der Waals surface area contributed by atoms with E-state index >= 15 is 0 Å². The molecule has 9 heteroatoms. The van der Waals surface area contributed by atoms with Crippen molar-refractivity contribution in [3.05, 3.63) is 64.4 Å². The lowest BCUT2D eigenvalue weighted by molar-refractivity contribution is -0.139. The minimum Gasteiger partial charge on any atom is -0.482 e. The zero-order valence-electron chi connectivity index (χ0n) is 17.5. The van der Waals surface area contributed by atoms with E-state index in [0.717, 1.165) is 5.56 Å². The molecule has 3 rings (SSSR count). The number of halogens is 2. The second-order valence-electron chi connectivity index (χ2n) is 8.02. The third-order valence-electron chi connectivity index (χ3n) is 5.29. The van der Waals surface area contributed by atoms with Crippen LogP contribution in [0.1, 0.15) is 49.5 Å². The summed E-state index contributed by atoms with van der Waals surface area (Å²) in [6.45, 7) is 1.06. The molecule has 0 spiro atoms. The molecule has 32 heavy (non-hydrogen) atoms. The molecule has 3 atom stereocenters. The molecule has 1 aliphatic rings. The van der Waals surface area contributed by atoms with Crippen LogP contribution in [0.15, 0.2) is 42.5 Å². The van der Waals surface area contributed by atoms with Gasteiger partial charge >= 0.3 is 5.97 Å². The first kappa shape index (κ1) is 24.0. The van der Waals surface area contributed by atoms with Crippen LogP contribution in [0.3, 0.4) is 0 Å². The van der Waals surface area contributed by atoms with Gasteiger partial charge < -0.3 is 25.0 Å². The topological polar surface area (TPSA) is 105 Å². The highest BCUT2D eigenvalue weighted by molar-refractivity contribution is 6.30. The summed E-state index contributed by atoms with van der Waals surface area (Å²) in [5.74, 6) is -1.49. The molecule has 0 radical (unpaired) electrons. The Morgan fingerprint density at radius 1 is 1.22 bits per heavy atom. The van der Waals surface area contributed by atoms with E-state index in [-0.39, 0.29) is 24.8 Å². The summed E-state index contributed by atoms with van der Waals surface area (Å²) < 4.78 is 25.2. The van der Waals surface area contributed by atoms with E-state index in [1.165, 1.54) is 12.1 Å². The predicted octanol–water partition coefficient (Wildman–Crippen LogP) is 3.79. The van der Waals surface area contributed by atoms with Crippen LogP contribution in [0, 0.1) is 5.82 Å². The Bertz CT molecular complexity index is 969. The van der Waals surface area contributed by atoms with Crippen molar-refractivity contribution in [1.82, 2.24) is 5.32 Å². The van der Waals surface area contributed by atoms with Crippen LogP contribution in [0.2, 0.25) is 5.02 Å². The molecule has 2 aromatic carbocycles. The molecule has 3 N–H and O–H groups in total. The van der Waals surface area contributed by atoms with Gasteiger partial charge in [0.05, 0.1) is 18.8 Å². The quantitative estimate of drug-likeness (QED) is 0.547. The van der Waals surface area contributed by atoms with Crippen LogP contribution in [-0.4, -0.2) is 40.8 Å². The van der Waals surface area contributed by atoms with Gasteiger partial charge in [-0.1, -0.05) is 23.7 Å². The second-order valence-corrected chi connectivity index (χ2v) is 8.46. The Kier molecular flexibility index (Phi) is 7.71. The van der Waals surface area contributed by atoms with Gasteiger partial charge in [0.1, 0.15) is 11.6 Å². The fourth-order valence-corrected chi connectivity index (χ4v) is 4.08. The molecule has 7 nitrogen and oxygen atoms in total. The lowest BCUT2D eigenvalue weighted by Crippen LogP contribution is -2.51. The number of carboxylic acids is 1. The van der Waals surface area contributed by atoms with E-state index in [9.17, 15) is 14.0 Å². The van der Waals surface area contributed by atoms with E-state index < -0.39 is 30.3 Å². The monoisotopic (exact) mass is 465 g/mol. The number of aliphatic hydroxyl groups is 1. The SMILES string of the molecule is C[C@]1(NC(=O)CCO)C[C@@H](c2ccc(F)cc2)O[C@@H](c2cc(Cl)ccc2OCC(=O)O)C1. The van der Waals surface area contributed by atoms with Gasteiger partial charge in [-0.2, -0.15) is 0 Å². The van der Waals surface area contributed by atoms with Gasteiger partial charge in [0, 0.05) is 35.4 Å². The van der Waals surface area contributed by atoms with Crippen molar-refractivity contribution in [2.45, 2.75) is 43.9 Å². The molecular formula is C23H25ClFNO6. The summed E-state index contributed by atoms with van der Waals surface area (Å²) in [5, 5.41) is 21.5. The van der Waals surface area contributed by atoms with Crippen molar-refractivity contribution >= 4 is 23.5 Å². The summed E-state index contributed by atoms with van der Waals surface area (Å²) >= 11 is 6.20. The number of carbonyl (C=O) groups is 2. The largest absolute Gasteiger partial charge is 0.482 e. The van der Waals surface area contributed by atoms with Gasteiger partial charge in [-0.25, -0.2) is 9.18 Å². The van der Waals surface area contributed by atoms with E-state index in [1.54, 1.807) is 30.3 Å². The summed E-state index contributed by atoms with van der Waals surface area (Å²) in [5.41, 5.74) is 0.558. The molecular weight excluding hydrogens is 441 g/mol. The van der Waals surface area contributed by atoms with E-state index in [0.29, 0.717) is 29.2 Å². The van der Waals surface area contributed by atoms with Crippen LogP contribution in [0.4, 0.5) is 4.39 Å². The van der Waals surface area contributed by atoms with E-state index in [2.05, 4.69) is 5.32 Å². The Morgan fingerprint density at radius 2 is 1.91 bits per heavy atom. The number of aliphatic carboxylic acids is 1. The van der Waals surface area contributed by atoms with Gasteiger partial charge in [0.2, 0.25) is 5.91 Å². The Hall–Kier alpha value is -2.68. The summed E-state index contributed by atoms with van der Waals surface area (Å²) in [6, 6.07) is 10.7. The molecule has 0 saturated carbocycles. The maximum Gasteiger partial charge on any atom is 0.341 e. The predicted molar refractivity (Wildman–Crippen MR) is 115 cm³/mol. The van der Waals surface area contributed by atoms with Crippen molar-refractivity contribution in [3.63, 3.8) is 0 Å². The van der Waals surface area contributed by atoms with Gasteiger partial charge in [0.15, 0.2) is 6.61 Å². The molecule has 1 heterocycles. The van der Waals surface area contributed by atoms with Crippen molar-refractivity contribution in [3.8, 4) is 5.75 Å². The first-order valence-electron chi connectivity index (χ1n) is 10.2. The van der Waals surface area contributed by atoms with Crippen molar-refractivity contribution in [2.24, 2.45) is 0 Å². The average Bonchev–Trinajstić information content (AvgIpc) is 2.72. The minimum absolute atomic E-state index is 0.0353. The summed E-state index contributed by atoms with van der Waals surface area (Å²) in [6.07, 6.45) is -0.350. The molecule has 1 aliphatic heterocycles. The van der Waals surface area contributed by atoms with Crippen LogP contribution >= 0.6 is 11.6 Å². The van der Waals surface area contributed by atoms with E-state index in [4.69, 9.17) is 31.3 Å². The van der Waals surface area contributed by atoms with Crippen LogP contribution in [0.5, 0.6) is 5.75 Å². The zero-order chi connectivity index (χ0) is 23.3. The Labute approximate surface area is 190 Å². The first-order chi connectivity index (χ1) is 15.2. The molecule has 2 aromatic rings. The maximum absolute atomic E-state index is 13.5. The minimum atomic E-state index is -1.12. The van der Waals surface area contributed by atoms with Crippen LogP contribution < -0.4 is 10.1 Å². The number of benzene rings is 2. The Morgan fingerprint density at radius 3 is 2.56 bits per heavy atom. The number of hydrogen-bond donors (Lipinski definition) is 3. The molecule has 0 aromatic heterocycles. The van der Waals surface area contributed by atoms with Crippen LogP contribution in [-0.2, 0) is 14.3 Å². The standard InChI is InChI=1S/C23H25ClFNO6/c1-23(26-21(28)8-9-27)11-19(14-2-5-16(25)6-3-14)32-20(12-23)17-10-15(24)4-7-18(17)31-13-22(29)30/h2-7,10,19-20,27H,8-9,11-13H2,1H3,(H,26,28)(H,29,30)/t19-,20+,23-/m0/s1. The molecule has 0 unspecified atom stereocenters. The first-order valence-corrected chi connectivity index (χ1v) is 10.5. The number of aliphatic hydroxyl groups excluding tert-OH is 1. The highest BCUT2D eigenvalue weighted by Gasteiger charge is 2.41.